The summed E-state index contributed by atoms with van der Waals surface area (Å²) in [5.74, 6) is -0.182. The molecule has 0 aliphatic carbocycles. The van der Waals surface area contributed by atoms with E-state index in [-0.39, 0.29) is 24.0 Å². The van der Waals surface area contributed by atoms with Crippen LogP contribution in [-0.4, -0.2) is 23.7 Å². The Kier molecular flexibility index (Phi) is 6.24. The third-order valence-corrected chi connectivity index (χ3v) is 3.44. The van der Waals surface area contributed by atoms with Crippen molar-refractivity contribution < 1.29 is 9.90 Å². The molecule has 1 atom stereocenters. The summed E-state index contributed by atoms with van der Waals surface area (Å²) in [6.45, 7) is 6.15. The van der Waals surface area contributed by atoms with Crippen LogP contribution in [0.15, 0.2) is 30.3 Å². The predicted octanol–water partition coefficient (Wildman–Crippen LogP) is 3.27. The molecule has 0 heterocycles. The second-order valence-electron chi connectivity index (χ2n) is 5.79. The van der Waals surface area contributed by atoms with Crippen LogP contribution < -0.4 is 5.32 Å². The highest BCUT2D eigenvalue weighted by Crippen LogP contribution is 2.21. The second kappa shape index (κ2) is 7.46. The van der Waals surface area contributed by atoms with Gasteiger partial charge in [0.15, 0.2) is 0 Å². The maximum Gasteiger partial charge on any atom is 0.244 e. The molecule has 0 saturated carbocycles. The molecule has 0 fully saturated rings. The van der Waals surface area contributed by atoms with Crippen molar-refractivity contribution in [3.05, 3.63) is 40.9 Å². The lowest BCUT2D eigenvalue weighted by Crippen LogP contribution is -2.43. The Morgan fingerprint density at radius 1 is 1.40 bits per heavy atom. The summed E-state index contributed by atoms with van der Waals surface area (Å²) in [6, 6.07) is 7.27. The standard InChI is InChI=1S/C16H22ClNO2/c1-16(2,3)14(10-11-19)18-15(20)9-8-12-6-4-5-7-13(12)17/h4-9,14,19H,10-11H2,1-3H3,(H,18,20)/b9-8+. The molecule has 0 bridgehead atoms. The van der Waals surface area contributed by atoms with E-state index in [4.69, 9.17) is 16.7 Å². The first kappa shape index (κ1) is 16.7. The topological polar surface area (TPSA) is 49.3 Å². The minimum absolute atomic E-state index is 0.0520. The minimum atomic E-state index is -0.182. The molecular formula is C16H22ClNO2. The summed E-state index contributed by atoms with van der Waals surface area (Å²) >= 11 is 6.02. The van der Waals surface area contributed by atoms with Gasteiger partial charge in [-0.25, -0.2) is 0 Å². The number of benzene rings is 1. The van der Waals surface area contributed by atoms with E-state index >= 15 is 0 Å². The van der Waals surface area contributed by atoms with E-state index in [0.29, 0.717) is 11.4 Å². The van der Waals surface area contributed by atoms with E-state index in [1.54, 1.807) is 12.1 Å². The van der Waals surface area contributed by atoms with E-state index < -0.39 is 0 Å². The van der Waals surface area contributed by atoms with Gasteiger partial charge in [0.05, 0.1) is 0 Å². The molecule has 4 heteroatoms. The van der Waals surface area contributed by atoms with Crippen molar-refractivity contribution in [1.29, 1.82) is 0 Å². The number of halogens is 1. The van der Waals surface area contributed by atoms with Gasteiger partial charge in [-0.3, -0.25) is 4.79 Å². The van der Waals surface area contributed by atoms with Crippen LogP contribution in [0.2, 0.25) is 5.02 Å². The molecule has 1 unspecified atom stereocenters. The summed E-state index contributed by atoms with van der Waals surface area (Å²) < 4.78 is 0. The Morgan fingerprint density at radius 2 is 2.05 bits per heavy atom. The fraction of sp³-hybridized carbons (Fsp3) is 0.438. The zero-order valence-electron chi connectivity index (χ0n) is 12.2. The number of nitrogens with one attached hydrogen (secondary N) is 1. The van der Waals surface area contributed by atoms with E-state index in [1.165, 1.54) is 6.08 Å². The van der Waals surface area contributed by atoms with Gasteiger partial charge in [-0.1, -0.05) is 50.6 Å². The highest BCUT2D eigenvalue weighted by Gasteiger charge is 2.24. The Balaban J connectivity index is 2.69. The number of aliphatic hydroxyl groups excluding tert-OH is 1. The smallest absolute Gasteiger partial charge is 0.244 e. The number of carbonyl (C=O) groups is 1. The van der Waals surface area contributed by atoms with Gasteiger partial charge in [0.25, 0.3) is 0 Å². The number of hydrogen-bond acceptors (Lipinski definition) is 2. The fourth-order valence-electron chi connectivity index (χ4n) is 1.85. The van der Waals surface area contributed by atoms with Gasteiger partial charge >= 0.3 is 0 Å². The van der Waals surface area contributed by atoms with Crippen LogP contribution in [0.3, 0.4) is 0 Å². The average Bonchev–Trinajstić information content (AvgIpc) is 2.36. The molecule has 20 heavy (non-hydrogen) atoms. The number of amides is 1. The molecule has 0 aromatic heterocycles. The lowest BCUT2D eigenvalue weighted by molar-refractivity contribution is -0.118. The van der Waals surface area contributed by atoms with Gasteiger partial charge in [-0.15, -0.1) is 0 Å². The van der Waals surface area contributed by atoms with Crippen molar-refractivity contribution in [3.8, 4) is 0 Å². The van der Waals surface area contributed by atoms with Crippen molar-refractivity contribution in [2.45, 2.75) is 33.2 Å². The largest absolute Gasteiger partial charge is 0.396 e. The highest BCUT2D eigenvalue weighted by molar-refractivity contribution is 6.32. The summed E-state index contributed by atoms with van der Waals surface area (Å²) in [5, 5.41) is 12.6. The van der Waals surface area contributed by atoms with Crippen molar-refractivity contribution in [1.82, 2.24) is 5.32 Å². The number of carbonyl (C=O) groups excluding carboxylic acids is 1. The van der Waals surface area contributed by atoms with Gasteiger partial charge in [0.1, 0.15) is 0 Å². The zero-order chi connectivity index (χ0) is 15.2. The van der Waals surface area contributed by atoms with Crippen LogP contribution in [0.5, 0.6) is 0 Å². The van der Waals surface area contributed by atoms with Crippen molar-refractivity contribution in [2.24, 2.45) is 5.41 Å². The molecule has 110 valence electrons. The molecule has 0 saturated heterocycles. The van der Waals surface area contributed by atoms with Crippen LogP contribution in [-0.2, 0) is 4.79 Å². The quantitative estimate of drug-likeness (QED) is 0.819. The minimum Gasteiger partial charge on any atom is -0.396 e. The lowest BCUT2D eigenvalue weighted by Gasteiger charge is -2.30. The number of hydrogen-bond donors (Lipinski definition) is 2. The van der Waals surface area contributed by atoms with Crippen LogP contribution in [0.4, 0.5) is 0 Å². The van der Waals surface area contributed by atoms with Gasteiger partial charge in [-0.05, 0) is 29.5 Å². The first-order valence-electron chi connectivity index (χ1n) is 6.68. The molecular weight excluding hydrogens is 274 g/mol. The maximum absolute atomic E-state index is 11.9. The van der Waals surface area contributed by atoms with Crippen molar-refractivity contribution >= 4 is 23.6 Å². The summed E-state index contributed by atoms with van der Waals surface area (Å²) in [4.78, 5) is 11.9. The van der Waals surface area contributed by atoms with Gasteiger partial charge in [-0.2, -0.15) is 0 Å². The molecule has 0 aliphatic heterocycles. The summed E-state index contributed by atoms with van der Waals surface area (Å²) in [5.41, 5.74) is 0.704. The Bertz CT molecular complexity index is 478. The van der Waals surface area contributed by atoms with Crippen LogP contribution in [0.1, 0.15) is 32.8 Å². The first-order chi connectivity index (χ1) is 9.34. The SMILES string of the molecule is CC(C)(C)C(CCO)NC(=O)/C=C/c1ccccc1Cl. The Morgan fingerprint density at radius 3 is 2.60 bits per heavy atom. The first-order valence-corrected chi connectivity index (χ1v) is 7.06. The molecule has 1 rings (SSSR count). The van der Waals surface area contributed by atoms with Gasteiger partial charge in [0, 0.05) is 23.7 Å². The molecule has 2 N–H and O–H groups in total. The molecule has 0 aliphatic rings. The third kappa shape index (κ3) is 5.35. The Hall–Kier alpha value is -1.32. The normalized spacial score (nSPS) is 13.4. The lowest BCUT2D eigenvalue weighted by atomic mass is 9.85. The molecule has 1 aromatic carbocycles. The second-order valence-corrected chi connectivity index (χ2v) is 6.20. The Labute approximate surface area is 125 Å². The van der Waals surface area contributed by atoms with Crippen molar-refractivity contribution in [3.63, 3.8) is 0 Å². The van der Waals surface area contributed by atoms with Gasteiger partial charge < -0.3 is 10.4 Å². The molecule has 1 amide bonds. The van der Waals surface area contributed by atoms with Crippen LogP contribution >= 0.6 is 11.6 Å². The monoisotopic (exact) mass is 295 g/mol. The number of aliphatic hydroxyl groups is 1. The van der Waals surface area contributed by atoms with E-state index in [0.717, 1.165) is 5.56 Å². The highest BCUT2D eigenvalue weighted by atomic mass is 35.5. The summed E-state index contributed by atoms with van der Waals surface area (Å²) in [6.07, 6.45) is 3.70. The molecule has 0 spiro atoms. The van der Waals surface area contributed by atoms with Crippen molar-refractivity contribution in [2.75, 3.05) is 6.61 Å². The van der Waals surface area contributed by atoms with E-state index in [1.807, 2.05) is 39.0 Å². The van der Waals surface area contributed by atoms with Crippen LogP contribution in [0, 0.1) is 5.41 Å². The predicted molar refractivity (Wildman–Crippen MR) is 83.6 cm³/mol. The van der Waals surface area contributed by atoms with Gasteiger partial charge in [0.2, 0.25) is 5.91 Å². The third-order valence-electron chi connectivity index (χ3n) is 3.10. The zero-order valence-corrected chi connectivity index (χ0v) is 12.9. The van der Waals surface area contributed by atoms with E-state index in [2.05, 4.69) is 5.32 Å². The molecule has 0 radical (unpaired) electrons. The fourth-order valence-corrected chi connectivity index (χ4v) is 2.05. The summed E-state index contributed by atoms with van der Waals surface area (Å²) in [7, 11) is 0. The maximum atomic E-state index is 11.9. The van der Waals surface area contributed by atoms with E-state index in [9.17, 15) is 4.79 Å². The van der Waals surface area contributed by atoms with Crippen LogP contribution in [0.25, 0.3) is 6.08 Å². The molecule has 3 nitrogen and oxygen atoms in total. The number of rotatable bonds is 5. The average molecular weight is 296 g/mol. The molecule has 1 aromatic rings.